The van der Waals surface area contributed by atoms with E-state index in [-0.39, 0.29) is 12.1 Å². The van der Waals surface area contributed by atoms with Gasteiger partial charge in [0, 0.05) is 17.6 Å². The maximum absolute atomic E-state index is 12.5. The fourth-order valence-corrected chi connectivity index (χ4v) is 2.70. The smallest absolute Gasteiger partial charge is 0.410 e. The molecule has 144 valence electrons. The fraction of sp³-hybridized carbons (Fsp3) is 0.579. The monoisotopic (exact) mass is 382 g/mol. The molecular weight excluding hydrogens is 356 g/mol. The molecule has 6 nitrogen and oxygen atoms in total. The van der Waals surface area contributed by atoms with Crippen LogP contribution in [0.15, 0.2) is 18.2 Å². The van der Waals surface area contributed by atoms with E-state index in [1.54, 1.807) is 4.90 Å². The molecule has 2 amide bonds. The van der Waals surface area contributed by atoms with Gasteiger partial charge in [-0.1, -0.05) is 23.7 Å². The zero-order chi connectivity index (χ0) is 19.3. The predicted molar refractivity (Wildman–Crippen MR) is 100 cm³/mol. The van der Waals surface area contributed by atoms with Gasteiger partial charge in [0.1, 0.15) is 5.60 Å². The van der Waals surface area contributed by atoms with E-state index in [4.69, 9.17) is 16.3 Å². The Morgan fingerprint density at radius 3 is 2.58 bits per heavy atom. The van der Waals surface area contributed by atoms with Crippen LogP contribution in [0.25, 0.3) is 0 Å². The van der Waals surface area contributed by atoms with Gasteiger partial charge in [-0.15, -0.1) is 0 Å². The molecule has 0 saturated heterocycles. The minimum Gasteiger partial charge on any atom is -0.453 e. The van der Waals surface area contributed by atoms with Crippen molar-refractivity contribution in [2.45, 2.75) is 58.2 Å². The number of carbonyl (C=O) groups is 2. The second-order valence-corrected chi connectivity index (χ2v) is 7.84. The maximum atomic E-state index is 12.5. The molecule has 1 aliphatic rings. The first-order valence-electron chi connectivity index (χ1n) is 8.78. The van der Waals surface area contributed by atoms with Crippen LogP contribution in [0.2, 0.25) is 5.02 Å². The number of rotatable bonds is 6. The minimum atomic E-state index is -0.532. The van der Waals surface area contributed by atoms with Crippen molar-refractivity contribution in [3.05, 3.63) is 34.3 Å². The first-order chi connectivity index (χ1) is 12.2. The summed E-state index contributed by atoms with van der Waals surface area (Å²) in [6.45, 7) is 6.45. The number of methoxy groups -OCH3 is 1. The highest BCUT2D eigenvalue weighted by atomic mass is 35.5. The highest BCUT2D eigenvalue weighted by molar-refractivity contribution is 6.31. The number of benzene rings is 1. The molecule has 0 atom stereocenters. The SMILES string of the molecule is COC(=O)NCCc1ccc(Cl)c(CN(C(=O)OC(C)(C)C)C2CC2)c1. The molecule has 0 spiro atoms. The lowest BCUT2D eigenvalue weighted by Crippen LogP contribution is -2.37. The summed E-state index contributed by atoms with van der Waals surface area (Å²) < 4.78 is 10.1. The standard InChI is InChI=1S/C19H27ClN2O4/c1-19(2,3)26-18(24)22(15-6-7-15)12-14-11-13(5-8-16(14)20)9-10-21-17(23)25-4/h5,8,11,15H,6-7,9-10,12H2,1-4H3,(H,21,23). The summed E-state index contributed by atoms with van der Waals surface area (Å²) in [5, 5.41) is 3.26. The van der Waals surface area contributed by atoms with Crippen LogP contribution in [0.1, 0.15) is 44.7 Å². The van der Waals surface area contributed by atoms with Crippen molar-refractivity contribution in [1.29, 1.82) is 0 Å². The Morgan fingerprint density at radius 1 is 1.31 bits per heavy atom. The Kier molecular flexibility index (Phi) is 6.75. The van der Waals surface area contributed by atoms with Crippen LogP contribution in [0.3, 0.4) is 0 Å². The van der Waals surface area contributed by atoms with E-state index in [0.717, 1.165) is 24.0 Å². The Hall–Kier alpha value is -1.95. The van der Waals surface area contributed by atoms with Crippen LogP contribution in [0.5, 0.6) is 0 Å². The summed E-state index contributed by atoms with van der Waals surface area (Å²) in [4.78, 5) is 25.4. The van der Waals surface area contributed by atoms with Crippen LogP contribution in [-0.4, -0.2) is 42.4 Å². The van der Waals surface area contributed by atoms with Crippen molar-refractivity contribution >= 4 is 23.8 Å². The number of nitrogens with zero attached hydrogens (tertiary/aromatic N) is 1. The van der Waals surface area contributed by atoms with Crippen LogP contribution in [-0.2, 0) is 22.4 Å². The molecule has 0 aromatic heterocycles. The predicted octanol–water partition coefficient (Wildman–Crippen LogP) is 4.14. The van der Waals surface area contributed by atoms with E-state index in [1.807, 2.05) is 39.0 Å². The van der Waals surface area contributed by atoms with Gasteiger partial charge in [-0.05, 0) is 57.2 Å². The van der Waals surface area contributed by atoms with Gasteiger partial charge < -0.3 is 19.7 Å². The Labute approximate surface area is 159 Å². The summed E-state index contributed by atoms with van der Waals surface area (Å²) >= 11 is 6.34. The number of halogens is 1. The Bertz CT molecular complexity index is 653. The van der Waals surface area contributed by atoms with Crippen LogP contribution >= 0.6 is 11.6 Å². The summed E-state index contributed by atoms with van der Waals surface area (Å²) in [7, 11) is 1.33. The van der Waals surface area contributed by atoms with Gasteiger partial charge in [0.2, 0.25) is 0 Å². The molecule has 1 fully saturated rings. The van der Waals surface area contributed by atoms with E-state index in [0.29, 0.717) is 24.5 Å². The van der Waals surface area contributed by atoms with E-state index in [9.17, 15) is 9.59 Å². The molecule has 1 N–H and O–H groups in total. The molecular formula is C19H27ClN2O4. The van der Waals surface area contributed by atoms with E-state index >= 15 is 0 Å². The molecule has 1 saturated carbocycles. The number of amides is 2. The van der Waals surface area contributed by atoms with Gasteiger partial charge in [0.15, 0.2) is 0 Å². The number of nitrogens with one attached hydrogen (secondary N) is 1. The normalized spacial score (nSPS) is 13.9. The van der Waals surface area contributed by atoms with Crippen molar-refractivity contribution in [2.24, 2.45) is 0 Å². The zero-order valence-electron chi connectivity index (χ0n) is 15.8. The summed E-state index contributed by atoms with van der Waals surface area (Å²) in [5.74, 6) is 0. The quantitative estimate of drug-likeness (QED) is 0.802. The molecule has 1 aromatic carbocycles. The van der Waals surface area contributed by atoms with Gasteiger partial charge in [-0.2, -0.15) is 0 Å². The third-order valence-corrected chi connectivity index (χ3v) is 4.30. The molecule has 0 aliphatic heterocycles. The van der Waals surface area contributed by atoms with Gasteiger partial charge in [-0.3, -0.25) is 0 Å². The van der Waals surface area contributed by atoms with Gasteiger partial charge in [0.25, 0.3) is 0 Å². The van der Waals surface area contributed by atoms with E-state index < -0.39 is 11.7 Å². The minimum absolute atomic E-state index is 0.213. The largest absolute Gasteiger partial charge is 0.453 e. The number of alkyl carbamates (subject to hydrolysis) is 1. The molecule has 1 aromatic rings. The Morgan fingerprint density at radius 2 is 2.00 bits per heavy atom. The number of hydrogen-bond donors (Lipinski definition) is 1. The topological polar surface area (TPSA) is 67.9 Å². The fourth-order valence-electron chi connectivity index (χ4n) is 2.52. The van der Waals surface area contributed by atoms with Gasteiger partial charge in [-0.25, -0.2) is 9.59 Å². The zero-order valence-corrected chi connectivity index (χ0v) is 16.6. The van der Waals surface area contributed by atoms with Gasteiger partial charge >= 0.3 is 12.2 Å². The molecule has 2 rings (SSSR count). The summed E-state index contributed by atoms with van der Waals surface area (Å²) in [6.07, 6.45) is 1.85. The van der Waals surface area contributed by atoms with Crippen molar-refractivity contribution in [3.63, 3.8) is 0 Å². The third kappa shape index (κ3) is 6.41. The lowest BCUT2D eigenvalue weighted by Gasteiger charge is -2.28. The van der Waals surface area contributed by atoms with Crippen LogP contribution in [0.4, 0.5) is 9.59 Å². The van der Waals surface area contributed by atoms with Crippen molar-refractivity contribution in [3.8, 4) is 0 Å². The third-order valence-electron chi connectivity index (χ3n) is 3.93. The number of carbonyl (C=O) groups excluding carboxylic acids is 2. The van der Waals surface area contributed by atoms with Gasteiger partial charge in [0.05, 0.1) is 13.7 Å². The second-order valence-electron chi connectivity index (χ2n) is 7.43. The molecule has 0 bridgehead atoms. The van der Waals surface area contributed by atoms with E-state index in [1.165, 1.54) is 7.11 Å². The lowest BCUT2D eigenvalue weighted by atomic mass is 10.1. The molecule has 26 heavy (non-hydrogen) atoms. The van der Waals surface area contributed by atoms with Crippen molar-refractivity contribution in [1.82, 2.24) is 10.2 Å². The average Bonchev–Trinajstić information content (AvgIpc) is 3.37. The van der Waals surface area contributed by atoms with Crippen molar-refractivity contribution in [2.75, 3.05) is 13.7 Å². The molecule has 1 aliphatic carbocycles. The first-order valence-corrected chi connectivity index (χ1v) is 9.16. The van der Waals surface area contributed by atoms with Crippen LogP contribution < -0.4 is 5.32 Å². The highest BCUT2D eigenvalue weighted by Gasteiger charge is 2.35. The highest BCUT2D eigenvalue weighted by Crippen LogP contribution is 2.31. The second kappa shape index (κ2) is 8.62. The molecule has 7 heteroatoms. The van der Waals surface area contributed by atoms with E-state index in [2.05, 4.69) is 10.1 Å². The molecule has 0 unspecified atom stereocenters. The summed E-state index contributed by atoms with van der Waals surface area (Å²) in [5.41, 5.74) is 1.37. The average molecular weight is 383 g/mol. The van der Waals surface area contributed by atoms with Crippen LogP contribution in [0, 0.1) is 0 Å². The number of ether oxygens (including phenoxy) is 2. The molecule has 0 heterocycles. The molecule has 0 radical (unpaired) electrons. The first kappa shape index (κ1) is 20.4. The maximum Gasteiger partial charge on any atom is 0.410 e. The summed E-state index contributed by atoms with van der Waals surface area (Å²) in [6, 6.07) is 5.93. The van der Waals surface area contributed by atoms with Crippen molar-refractivity contribution < 1.29 is 19.1 Å². The number of hydrogen-bond acceptors (Lipinski definition) is 4. The lowest BCUT2D eigenvalue weighted by molar-refractivity contribution is 0.0216. The Balaban J connectivity index is 2.04.